The molecule has 0 heterocycles. The number of hydrogen-bond acceptors (Lipinski definition) is 3. The quantitative estimate of drug-likeness (QED) is 0.854. The molecular weight excluding hydrogens is 254 g/mol. The van der Waals surface area contributed by atoms with Crippen LogP contribution in [0.4, 0.5) is 5.69 Å². The molecule has 0 atom stereocenters. The van der Waals surface area contributed by atoms with Crippen LogP contribution in [0, 0.1) is 0 Å². The first-order chi connectivity index (χ1) is 8.44. The van der Waals surface area contributed by atoms with Crippen molar-refractivity contribution in [2.24, 2.45) is 0 Å². The van der Waals surface area contributed by atoms with Gasteiger partial charge < -0.3 is 5.11 Å². The number of hydrogen-bond donors (Lipinski definition) is 2. The zero-order chi connectivity index (χ0) is 13.3. The molecule has 0 spiro atoms. The third-order valence-corrected chi connectivity index (χ3v) is 4.79. The Labute approximate surface area is 106 Å². The van der Waals surface area contributed by atoms with Crippen LogP contribution in [0.5, 0.6) is 0 Å². The lowest BCUT2D eigenvalue weighted by Crippen LogP contribution is -2.19. The van der Waals surface area contributed by atoms with E-state index in [1.54, 1.807) is 6.07 Å². The maximum Gasteiger partial charge on any atom is 0.337 e. The molecule has 0 radical (unpaired) electrons. The van der Waals surface area contributed by atoms with Gasteiger partial charge in [-0.2, -0.15) is 0 Å². The van der Waals surface area contributed by atoms with Crippen molar-refractivity contribution in [2.75, 3.05) is 4.72 Å². The van der Waals surface area contributed by atoms with Gasteiger partial charge in [0.2, 0.25) is 10.0 Å². The van der Waals surface area contributed by atoms with Crippen LogP contribution >= 0.6 is 0 Å². The largest absolute Gasteiger partial charge is 0.478 e. The highest BCUT2D eigenvalue weighted by atomic mass is 32.2. The van der Waals surface area contributed by atoms with Gasteiger partial charge in [0.25, 0.3) is 0 Å². The molecule has 0 aliphatic heterocycles. The van der Waals surface area contributed by atoms with Crippen LogP contribution < -0.4 is 4.72 Å². The van der Waals surface area contributed by atoms with E-state index in [2.05, 4.69) is 4.72 Å². The summed E-state index contributed by atoms with van der Waals surface area (Å²) in [5.74, 6) is -1.13. The van der Waals surface area contributed by atoms with Crippen LogP contribution in [0.25, 0.3) is 0 Å². The molecule has 1 aliphatic rings. The Hall–Kier alpha value is -1.56. The summed E-state index contributed by atoms with van der Waals surface area (Å²) in [5.41, 5.74) is 1.01. The molecule has 0 unspecified atom stereocenters. The number of sulfonamides is 1. The number of anilines is 1. The van der Waals surface area contributed by atoms with Gasteiger partial charge in [0.15, 0.2) is 0 Å². The number of rotatable bonds is 5. The van der Waals surface area contributed by atoms with E-state index in [9.17, 15) is 13.2 Å². The minimum atomic E-state index is -3.43. The third kappa shape index (κ3) is 2.64. The first-order valence-electron chi connectivity index (χ1n) is 5.82. The van der Waals surface area contributed by atoms with E-state index in [-0.39, 0.29) is 16.5 Å². The number of nitrogens with one attached hydrogen (secondary N) is 1. The molecule has 1 aromatic rings. The van der Waals surface area contributed by atoms with Crippen LogP contribution in [0.15, 0.2) is 18.2 Å². The van der Waals surface area contributed by atoms with Gasteiger partial charge in [0, 0.05) is 0 Å². The van der Waals surface area contributed by atoms with E-state index in [1.165, 1.54) is 12.1 Å². The van der Waals surface area contributed by atoms with E-state index in [1.807, 2.05) is 6.92 Å². The first kappa shape index (κ1) is 12.9. The summed E-state index contributed by atoms with van der Waals surface area (Å²) in [4.78, 5) is 11.1. The number of carboxylic acids is 1. The van der Waals surface area contributed by atoms with Crippen LogP contribution in [-0.4, -0.2) is 24.7 Å². The van der Waals surface area contributed by atoms with Gasteiger partial charge >= 0.3 is 5.97 Å². The molecule has 0 aromatic heterocycles. The zero-order valence-electron chi connectivity index (χ0n) is 10.0. The van der Waals surface area contributed by atoms with Crippen molar-refractivity contribution >= 4 is 21.7 Å². The number of aryl methyl sites for hydroxylation is 1. The second-order valence-electron chi connectivity index (χ2n) is 4.39. The molecule has 5 nitrogen and oxygen atoms in total. The highest BCUT2D eigenvalue weighted by Gasteiger charge is 2.36. The fraction of sp³-hybridized carbons (Fsp3) is 0.417. The molecule has 6 heteroatoms. The van der Waals surface area contributed by atoms with Crippen LogP contribution in [0.3, 0.4) is 0 Å². The minimum absolute atomic E-state index is 0.00132. The highest BCUT2D eigenvalue weighted by molar-refractivity contribution is 7.93. The number of carboxylic acid groups (broad SMARTS) is 1. The van der Waals surface area contributed by atoms with Crippen LogP contribution in [-0.2, 0) is 16.4 Å². The summed E-state index contributed by atoms with van der Waals surface area (Å²) in [5, 5.41) is 8.73. The van der Waals surface area contributed by atoms with Gasteiger partial charge in [0.05, 0.1) is 16.5 Å². The average Bonchev–Trinajstić information content (AvgIpc) is 3.12. The third-order valence-electron chi connectivity index (χ3n) is 2.94. The maximum absolute atomic E-state index is 11.8. The van der Waals surface area contributed by atoms with E-state index in [0.717, 1.165) is 5.56 Å². The van der Waals surface area contributed by atoms with Gasteiger partial charge in [-0.1, -0.05) is 13.0 Å². The molecule has 0 bridgehead atoms. The molecular formula is C12H15NO4S. The highest BCUT2D eigenvalue weighted by Crippen LogP contribution is 2.30. The van der Waals surface area contributed by atoms with Gasteiger partial charge in [0.1, 0.15) is 0 Å². The molecule has 2 rings (SSSR count). The lowest BCUT2D eigenvalue weighted by Gasteiger charge is -2.11. The fourth-order valence-corrected chi connectivity index (χ4v) is 3.10. The second-order valence-corrected chi connectivity index (χ2v) is 6.35. The molecule has 0 saturated heterocycles. The van der Waals surface area contributed by atoms with Crippen molar-refractivity contribution in [1.29, 1.82) is 0 Å². The van der Waals surface area contributed by atoms with E-state index in [4.69, 9.17) is 5.11 Å². The molecule has 1 aromatic carbocycles. The monoisotopic (exact) mass is 269 g/mol. The Morgan fingerprint density at radius 3 is 2.61 bits per heavy atom. The lowest BCUT2D eigenvalue weighted by molar-refractivity contribution is 0.0698. The van der Waals surface area contributed by atoms with Gasteiger partial charge in [-0.3, -0.25) is 4.72 Å². The van der Waals surface area contributed by atoms with Gasteiger partial charge in [-0.25, -0.2) is 13.2 Å². The van der Waals surface area contributed by atoms with E-state index < -0.39 is 16.0 Å². The Balaban J connectivity index is 2.35. The summed E-state index contributed by atoms with van der Waals surface area (Å²) in [7, 11) is -3.43. The van der Waals surface area contributed by atoms with E-state index in [0.29, 0.717) is 19.3 Å². The summed E-state index contributed by atoms with van der Waals surface area (Å²) in [6.07, 6.45) is 1.99. The molecule has 1 aliphatic carbocycles. The molecule has 2 N–H and O–H groups in total. The molecule has 0 amide bonds. The number of carbonyl (C=O) groups is 1. The van der Waals surface area contributed by atoms with Crippen molar-refractivity contribution in [3.05, 3.63) is 29.3 Å². The summed E-state index contributed by atoms with van der Waals surface area (Å²) < 4.78 is 25.9. The smallest absolute Gasteiger partial charge is 0.337 e. The SMILES string of the molecule is CCc1ccc(NS(=O)(=O)C2CC2)c(C(=O)O)c1. The predicted molar refractivity (Wildman–Crippen MR) is 68.3 cm³/mol. The van der Waals surface area contributed by atoms with Gasteiger partial charge in [-0.05, 0) is 37.0 Å². The Kier molecular flexibility index (Phi) is 3.30. The average molecular weight is 269 g/mol. The lowest BCUT2D eigenvalue weighted by atomic mass is 10.1. The molecule has 18 heavy (non-hydrogen) atoms. The molecule has 1 saturated carbocycles. The summed E-state index contributed by atoms with van der Waals surface area (Å²) in [6.45, 7) is 1.91. The fourth-order valence-electron chi connectivity index (χ4n) is 1.69. The second kappa shape index (κ2) is 4.61. The molecule has 98 valence electrons. The maximum atomic E-state index is 11.8. The van der Waals surface area contributed by atoms with Crippen molar-refractivity contribution < 1.29 is 18.3 Å². The van der Waals surface area contributed by atoms with Crippen molar-refractivity contribution in [1.82, 2.24) is 0 Å². The summed E-state index contributed by atoms with van der Waals surface area (Å²) in [6, 6.07) is 4.76. The Morgan fingerprint density at radius 2 is 2.11 bits per heavy atom. The van der Waals surface area contributed by atoms with Crippen molar-refractivity contribution in [2.45, 2.75) is 31.4 Å². The topological polar surface area (TPSA) is 83.5 Å². The normalized spacial score (nSPS) is 15.4. The van der Waals surface area contributed by atoms with Gasteiger partial charge in [-0.15, -0.1) is 0 Å². The van der Waals surface area contributed by atoms with Crippen molar-refractivity contribution in [3.8, 4) is 0 Å². The minimum Gasteiger partial charge on any atom is -0.478 e. The predicted octanol–water partition coefficient (Wildman–Crippen LogP) is 1.85. The number of aromatic carboxylic acids is 1. The number of benzene rings is 1. The van der Waals surface area contributed by atoms with Crippen molar-refractivity contribution in [3.63, 3.8) is 0 Å². The zero-order valence-corrected chi connectivity index (χ0v) is 10.8. The Bertz CT molecular complexity index is 576. The van der Waals surface area contributed by atoms with E-state index >= 15 is 0 Å². The van der Waals surface area contributed by atoms with Crippen LogP contribution in [0.2, 0.25) is 0 Å². The standard InChI is InChI=1S/C12H15NO4S/c1-2-8-3-6-11(10(7-8)12(14)15)13-18(16,17)9-4-5-9/h3,6-7,9,13H,2,4-5H2,1H3,(H,14,15). The first-order valence-corrected chi connectivity index (χ1v) is 7.36. The Morgan fingerprint density at radius 1 is 1.44 bits per heavy atom. The van der Waals surface area contributed by atoms with Crippen LogP contribution in [0.1, 0.15) is 35.7 Å². The summed E-state index contributed by atoms with van der Waals surface area (Å²) >= 11 is 0. The molecule has 1 fully saturated rings.